The van der Waals surface area contributed by atoms with Gasteiger partial charge in [0, 0.05) is 19.3 Å². The van der Waals surface area contributed by atoms with Crippen LogP contribution in [-0.4, -0.2) is 89.2 Å². The van der Waals surface area contributed by atoms with Gasteiger partial charge in [0.15, 0.2) is 24.6 Å². The highest BCUT2D eigenvalue weighted by Gasteiger charge is 2.50. The molecule has 468 valence electrons. The van der Waals surface area contributed by atoms with Crippen LogP contribution in [0.1, 0.15) is 303 Å². The van der Waals surface area contributed by atoms with E-state index in [-0.39, 0.29) is 25.9 Å². The second kappa shape index (κ2) is 56.9. The van der Waals surface area contributed by atoms with Gasteiger partial charge in [-0.1, -0.05) is 236 Å². The number of unbranched alkanes of at least 4 members (excludes halogenated alkanes) is 33. The molecular formula is C69H120O12. The number of hydrogen-bond acceptors (Lipinski definition) is 11. The number of rotatable bonds is 57. The van der Waals surface area contributed by atoms with Gasteiger partial charge < -0.3 is 39.0 Å². The first kappa shape index (κ1) is 75.4. The summed E-state index contributed by atoms with van der Waals surface area (Å²) < 4.78 is 28.5. The maximum absolute atomic E-state index is 13.2. The number of carboxylic acids is 1. The second-order valence-electron chi connectivity index (χ2n) is 22.7. The van der Waals surface area contributed by atoms with Crippen molar-refractivity contribution >= 4 is 23.9 Å². The fourth-order valence-electron chi connectivity index (χ4n) is 9.89. The fraction of sp³-hybridized carbons (Fsp3) is 0.797. The zero-order valence-corrected chi connectivity index (χ0v) is 51.8. The lowest BCUT2D eigenvalue weighted by molar-refractivity contribution is -0.301. The summed E-state index contributed by atoms with van der Waals surface area (Å²) in [4.78, 5) is 51.3. The quantitative estimate of drug-likeness (QED) is 0.0228. The van der Waals surface area contributed by atoms with Crippen LogP contribution in [0.2, 0.25) is 0 Å². The highest BCUT2D eigenvalue weighted by Crippen LogP contribution is 2.27. The van der Waals surface area contributed by atoms with E-state index in [1.807, 2.05) is 0 Å². The zero-order valence-electron chi connectivity index (χ0n) is 51.8. The minimum atomic E-state index is -1.91. The van der Waals surface area contributed by atoms with Gasteiger partial charge in [-0.2, -0.15) is 0 Å². The highest BCUT2D eigenvalue weighted by atomic mass is 16.7. The molecule has 0 aromatic rings. The Kier molecular flexibility index (Phi) is 53.0. The fourth-order valence-corrected chi connectivity index (χ4v) is 9.89. The molecule has 0 bridgehead atoms. The van der Waals surface area contributed by atoms with E-state index in [0.717, 1.165) is 116 Å². The van der Waals surface area contributed by atoms with E-state index < -0.39 is 67.3 Å². The van der Waals surface area contributed by atoms with Gasteiger partial charge in [0.05, 0.1) is 6.61 Å². The standard InChI is InChI=1S/C69H120O12/c1-4-7-10-13-16-19-22-25-28-30-31-33-36-39-42-45-48-51-54-57-63(72)80-67-65(74)64(73)66(68(75)76)81-69(67)78-59-60(79-62(71)56-53-50-47-44-41-38-34-27-24-21-18-15-12-9-6-3)58-77-61(70)55-52-49-46-43-40-37-35-32-29-26-23-20-17-14-11-8-5-2/h17-18,20-21,25-29,34,60,64-67,69,73-74H,4-16,19,22-24,30-33,35-59H2,1-3H3,(H,75,76)/b20-17-,21-18-,28-25-,29-26-,34-27-. The van der Waals surface area contributed by atoms with Gasteiger partial charge in [-0.05, 0) is 109 Å². The number of allylic oxidation sites excluding steroid dienone is 10. The highest BCUT2D eigenvalue weighted by molar-refractivity contribution is 5.74. The monoisotopic (exact) mass is 1140 g/mol. The number of aliphatic hydroxyl groups excluding tert-OH is 2. The molecule has 0 saturated carbocycles. The van der Waals surface area contributed by atoms with E-state index in [0.29, 0.717) is 19.3 Å². The van der Waals surface area contributed by atoms with Gasteiger partial charge >= 0.3 is 23.9 Å². The third-order valence-electron chi connectivity index (χ3n) is 15.0. The molecule has 1 aliphatic heterocycles. The van der Waals surface area contributed by atoms with E-state index in [1.54, 1.807) is 0 Å². The van der Waals surface area contributed by atoms with E-state index in [1.165, 1.54) is 128 Å². The van der Waals surface area contributed by atoms with Crippen LogP contribution in [0, 0.1) is 0 Å². The zero-order chi connectivity index (χ0) is 58.9. The van der Waals surface area contributed by atoms with E-state index in [9.17, 15) is 34.5 Å². The number of carbonyl (C=O) groups excluding carboxylic acids is 3. The van der Waals surface area contributed by atoms with Crippen molar-refractivity contribution in [3.8, 4) is 0 Å². The molecule has 0 amide bonds. The van der Waals surface area contributed by atoms with Crippen LogP contribution in [0.5, 0.6) is 0 Å². The van der Waals surface area contributed by atoms with Crippen LogP contribution in [-0.2, 0) is 42.9 Å². The van der Waals surface area contributed by atoms with Crippen LogP contribution < -0.4 is 0 Å². The van der Waals surface area contributed by atoms with E-state index >= 15 is 0 Å². The summed E-state index contributed by atoms with van der Waals surface area (Å²) >= 11 is 0. The Morgan fingerprint density at radius 2 is 0.741 bits per heavy atom. The average molecular weight is 1140 g/mol. The molecule has 1 rings (SSSR count). The van der Waals surface area contributed by atoms with Crippen molar-refractivity contribution in [1.29, 1.82) is 0 Å². The van der Waals surface area contributed by atoms with Crippen molar-refractivity contribution in [3.63, 3.8) is 0 Å². The molecule has 81 heavy (non-hydrogen) atoms. The van der Waals surface area contributed by atoms with Crippen LogP contribution in [0.25, 0.3) is 0 Å². The first-order chi connectivity index (χ1) is 39.6. The number of aliphatic carboxylic acids is 1. The van der Waals surface area contributed by atoms with E-state index in [4.69, 9.17) is 23.7 Å². The first-order valence-corrected chi connectivity index (χ1v) is 33.3. The number of esters is 3. The van der Waals surface area contributed by atoms with Crippen LogP contribution in [0.3, 0.4) is 0 Å². The predicted molar refractivity (Wildman–Crippen MR) is 331 cm³/mol. The van der Waals surface area contributed by atoms with Crippen LogP contribution in [0.4, 0.5) is 0 Å². The molecule has 3 N–H and O–H groups in total. The maximum atomic E-state index is 13.2. The maximum Gasteiger partial charge on any atom is 0.335 e. The Bertz CT molecular complexity index is 1640. The van der Waals surface area contributed by atoms with Crippen molar-refractivity contribution in [1.82, 2.24) is 0 Å². The largest absolute Gasteiger partial charge is 0.479 e. The molecule has 1 aliphatic rings. The third-order valence-corrected chi connectivity index (χ3v) is 15.0. The Morgan fingerprint density at radius 1 is 0.407 bits per heavy atom. The molecule has 0 aromatic carbocycles. The molecule has 1 saturated heterocycles. The molecule has 0 spiro atoms. The normalized spacial score (nSPS) is 18.1. The molecule has 0 radical (unpaired) electrons. The van der Waals surface area contributed by atoms with Crippen molar-refractivity contribution in [2.45, 2.75) is 340 Å². The lowest BCUT2D eigenvalue weighted by Crippen LogP contribution is -2.61. The Labute approximate surface area is 494 Å². The van der Waals surface area contributed by atoms with Crippen molar-refractivity contribution < 1.29 is 58.2 Å². The molecular weight excluding hydrogens is 1020 g/mol. The third kappa shape index (κ3) is 46.5. The summed E-state index contributed by atoms with van der Waals surface area (Å²) in [5.74, 6) is -3.13. The number of hydrogen-bond donors (Lipinski definition) is 3. The SMILES string of the molecule is CCCCC/C=C\C/C=C\CCCCCCCCCC(=O)OCC(COC1OC(C(=O)O)C(O)C(O)C1OC(=O)CCCCCCCCCCC/C=C\CCCCCCCC)OC(=O)CCCCCCC/C=C\C/C=C\CCCCC. The first-order valence-electron chi connectivity index (χ1n) is 33.3. The molecule has 6 unspecified atom stereocenters. The molecule has 1 heterocycles. The van der Waals surface area contributed by atoms with Crippen LogP contribution >= 0.6 is 0 Å². The topological polar surface area (TPSA) is 175 Å². The predicted octanol–water partition coefficient (Wildman–Crippen LogP) is 17.9. The molecule has 12 heteroatoms. The molecule has 0 aliphatic carbocycles. The summed E-state index contributed by atoms with van der Waals surface area (Å²) in [7, 11) is 0. The minimum absolute atomic E-state index is 0.0563. The lowest BCUT2D eigenvalue weighted by Gasteiger charge is -2.40. The van der Waals surface area contributed by atoms with Gasteiger partial charge in [0.2, 0.25) is 0 Å². The van der Waals surface area contributed by atoms with Gasteiger partial charge in [-0.25, -0.2) is 4.79 Å². The number of carbonyl (C=O) groups is 4. The van der Waals surface area contributed by atoms with Gasteiger partial charge in [0.1, 0.15) is 18.8 Å². The van der Waals surface area contributed by atoms with Gasteiger partial charge in [0.25, 0.3) is 0 Å². The average Bonchev–Trinajstić information content (AvgIpc) is 3.53. The van der Waals surface area contributed by atoms with Crippen molar-refractivity contribution in [2.75, 3.05) is 13.2 Å². The molecule has 12 nitrogen and oxygen atoms in total. The summed E-state index contributed by atoms with van der Waals surface area (Å²) in [5.41, 5.74) is 0. The molecule has 6 atom stereocenters. The molecule has 1 fully saturated rings. The minimum Gasteiger partial charge on any atom is -0.479 e. The summed E-state index contributed by atoms with van der Waals surface area (Å²) in [6.45, 7) is 5.96. The van der Waals surface area contributed by atoms with Crippen molar-refractivity contribution in [3.05, 3.63) is 60.8 Å². The van der Waals surface area contributed by atoms with Crippen molar-refractivity contribution in [2.24, 2.45) is 0 Å². The number of ether oxygens (including phenoxy) is 5. The summed E-state index contributed by atoms with van der Waals surface area (Å²) in [5, 5.41) is 31.6. The van der Waals surface area contributed by atoms with Crippen LogP contribution in [0.15, 0.2) is 60.8 Å². The second-order valence-corrected chi connectivity index (χ2v) is 22.7. The Hall–Kier alpha value is -3.58. The number of aliphatic hydroxyl groups is 2. The summed E-state index contributed by atoms with van der Waals surface area (Å²) in [6, 6.07) is 0. The van der Waals surface area contributed by atoms with Gasteiger partial charge in [-0.15, -0.1) is 0 Å². The van der Waals surface area contributed by atoms with E-state index in [2.05, 4.69) is 81.5 Å². The molecule has 0 aromatic heterocycles. The van der Waals surface area contributed by atoms with Gasteiger partial charge in [-0.3, -0.25) is 14.4 Å². The Morgan fingerprint density at radius 3 is 1.15 bits per heavy atom. The summed E-state index contributed by atoms with van der Waals surface area (Å²) in [6.07, 6.45) is 58.8. The Balaban J connectivity index is 2.65. The number of carboxylic acid groups (broad SMARTS) is 1. The lowest BCUT2D eigenvalue weighted by atomic mass is 9.98. The smallest absolute Gasteiger partial charge is 0.335 e.